The maximum atomic E-state index is 6.40. The van der Waals surface area contributed by atoms with Crippen LogP contribution in [0.3, 0.4) is 0 Å². The van der Waals surface area contributed by atoms with Gasteiger partial charge in [-0.2, -0.15) is 0 Å². The van der Waals surface area contributed by atoms with Crippen LogP contribution in [-0.4, -0.2) is 36.2 Å². The molecule has 3 saturated heterocycles. The van der Waals surface area contributed by atoms with Crippen LogP contribution in [0.4, 0.5) is 0 Å². The number of nitrogens with one attached hydrogen (secondary N) is 1. The zero-order valence-electron chi connectivity index (χ0n) is 10.8. The van der Waals surface area contributed by atoms with Crippen LogP contribution in [0.2, 0.25) is 0 Å². The summed E-state index contributed by atoms with van der Waals surface area (Å²) in [7, 11) is -0.227. The van der Waals surface area contributed by atoms with Crippen LogP contribution in [0.15, 0.2) is 0 Å². The van der Waals surface area contributed by atoms with Gasteiger partial charge in [-0.3, -0.25) is 0 Å². The zero-order chi connectivity index (χ0) is 12.2. The lowest BCUT2D eigenvalue weighted by atomic mass is 9.71. The summed E-state index contributed by atoms with van der Waals surface area (Å²) in [6.07, 6.45) is 3.41. The van der Waals surface area contributed by atoms with Gasteiger partial charge < -0.3 is 14.6 Å². The molecule has 0 aromatic rings. The molecule has 96 valence electrons. The highest BCUT2D eigenvalue weighted by Crippen LogP contribution is 2.45. The summed E-state index contributed by atoms with van der Waals surface area (Å²) < 4.78 is 12.2. The first-order valence-electron chi connectivity index (χ1n) is 6.71. The molecule has 17 heavy (non-hydrogen) atoms. The van der Waals surface area contributed by atoms with E-state index < -0.39 is 0 Å². The normalized spacial score (nSPS) is 45.7. The van der Waals surface area contributed by atoms with E-state index in [0.717, 1.165) is 12.8 Å². The van der Waals surface area contributed by atoms with Crippen molar-refractivity contribution in [1.82, 2.24) is 5.32 Å². The van der Waals surface area contributed by atoms with Gasteiger partial charge in [0.2, 0.25) is 0 Å². The Kier molecular flexibility index (Phi) is 2.98. The third kappa shape index (κ3) is 2.03. The SMILES string of the molecule is CC(C)CC(Cl)B1O[C@H]2C3CC(C[C@@]2(C)O1)N3. The molecule has 3 unspecified atom stereocenters. The molecule has 4 rings (SSSR count). The van der Waals surface area contributed by atoms with Gasteiger partial charge in [0.25, 0.3) is 0 Å². The number of alkyl halides is 1. The summed E-state index contributed by atoms with van der Waals surface area (Å²) >= 11 is 6.40. The van der Waals surface area contributed by atoms with Crippen LogP contribution in [-0.2, 0) is 9.31 Å². The molecule has 1 N–H and O–H groups in total. The Morgan fingerprint density at radius 2 is 2.24 bits per heavy atom. The lowest BCUT2D eigenvalue weighted by Gasteiger charge is -2.53. The number of halogens is 1. The highest BCUT2D eigenvalue weighted by molar-refractivity contribution is 6.59. The Labute approximate surface area is 109 Å². The fourth-order valence-electron chi connectivity index (χ4n) is 3.48. The Morgan fingerprint density at radius 3 is 2.82 bits per heavy atom. The molecule has 3 aliphatic heterocycles. The van der Waals surface area contributed by atoms with Crippen molar-refractivity contribution in [3.8, 4) is 0 Å². The van der Waals surface area contributed by atoms with E-state index in [4.69, 9.17) is 20.9 Å². The number of hydrogen-bond acceptors (Lipinski definition) is 3. The molecular formula is C12H21BClNO2. The van der Waals surface area contributed by atoms with Crippen molar-refractivity contribution in [2.24, 2.45) is 5.92 Å². The molecular weight excluding hydrogens is 236 g/mol. The Balaban J connectivity index is 1.67. The second-order valence-electron chi connectivity index (χ2n) is 6.41. The third-order valence-electron chi connectivity index (χ3n) is 4.27. The predicted octanol–water partition coefficient (Wildman–Crippen LogP) is 1.98. The molecule has 1 aliphatic carbocycles. The molecule has 5 atom stereocenters. The van der Waals surface area contributed by atoms with E-state index >= 15 is 0 Å². The minimum atomic E-state index is -0.227. The third-order valence-corrected chi connectivity index (χ3v) is 4.65. The summed E-state index contributed by atoms with van der Waals surface area (Å²) in [5.41, 5.74) is -0.117. The van der Waals surface area contributed by atoms with Crippen molar-refractivity contribution in [2.45, 2.75) is 69.1 Å². The molecule has 1 saturated carbocycles. The van der Waals surface area contributed by atoms with E-state index in [9.17, 15) is 0 Å². The summed E-state index contributed by atoms with van der Waals surface area (Å²) in [5, 5.41) is 3.50. The van der Waals surface area contributed by atoms with E-state index in [1.807, 2.05) is 0 Å². The Morgan fingerprint density at radius 1 is 1.53 bits per heavy atom. The monoisotopic (exact) mass is 257 g/mol. The van der Waals surface area contributed by atoms with Crippen molar-refractivity contribution in [1.29, 1.82) is 0 Å². The van der Waals surface area contributed by atoms with Crippen molar-refractivity contribution >= 4 is 18.7 Å². The second-order valence-corrected chi connectivity index (χ2v) is 6.97. The zero-order valence-corrected chi connectivity index (χ0v) is 11.5. The molecule has 0 aromatic heterocycles. The minimum absolute atomic E-state index is 0.0328. The van der Waals surface area contributed by atoms with Crippen LogP contribution >= 0.6 is 11.6 Å². The van der Waals surface area contributed by atoms with Crippen molar-refractivity contribution < 1.29 is 9.31 Å². The van der Waals surface area contributed by atoms with Gasteiger partial charge in [-0.25, -0.2) is 0 Å². The fraction of sp³-hybridized carbons (Fsp3) is 1.00. The fourth-order valence-corrected chi connectivity index (χ4v) is 3.95. The number of piperidine rings is 1. The summed E-state index contributed by atoms with van der Waals surface area (Å²) in [6.45, 7) is 6.53. The quantitative estimate of drug-likeness (QED) is 0.619. The summed E-state index contributed by atoms with van der Waals surface area (Å²) in [5.74, 6) is 0.576. The smallest absolute Gasteiger partial charge is 0.403 e. The lowest BCUT2D eigenvalue weighted by molar-refractivity contribution is -0.0637. The van der Waals surface area contributed by atoms with Gasteiger partial charge in [0.05, 0.1) is 17.0 Å². The molecule has 4 fully saturated rings. The second kappa shape index (κ2) is 4.12. The van der Waals surface area contributed by atoms with E-state index in [2.05, 4.69) is 26.1 Å². The standard InChI is InChI=1S/C12H21BClNO2/c1-7(2)4-10(14)13-16-11-9-5-8(15-9)6-12(11,3)17-13/h7-11,15H,4-6H2,1-3H3/t8?,9?,10?,11-,12+/m0/s1. The van der Waals surface area contributed by atoms with E-state index in [1.165, 1.54) is 6.42 Å². The molecule has 0 amide bonds. The molecule has 2 bridgehead atoms. The lowest BCUT2D eigenvalue weighted by Crippen LogP contribution is -2.70. The Bertz CT molecular complexity index is 311. The first kappa shape index (κ1) is 12.3. The van der Waals surface area contributed by atoms with E-state index in [-0.39, 0.29) is 24.1 Å². The maximum Gasteiger partial charge on any atom is 0.476 e. The van der Waals surface area contributed by atoms with Gasteiger partial charge in [0, 0.05) is 12.1 Å². The first-order chi connectivity index (χ1) is 7.98. The number of hydrogen-bond donors (Lipinski definition) is 1. The van der Waals surface area contributed by atoms with Crippen LogP contribution in [0.5, 0.6) is 0 Å². The highest BCUT2D eigenvalue weighted by atomic mass is 35.5. The predicted molar refractivity (Wildman–Crippen MR) is 69.2 cm³/mol. The van der Waals surface area contributed by atoms with E-state index in [1.54, 1.807) is 0 Å². The largest absolute Gasteiger partial charge is 0.476 e. The van der Waals surface area contributed by atoms with Crippen LogP contribution in [0, 0.1) is 5.92 Å². The summed E-state index contributed by atoms with van der Waals surface area (Å²) in [4.78, 5) is 0. The molecule has 0 aromatic carbocycles. The van der Waals surface area contributed by atoms with E-state index in [0.29, 0.717) is 18.0 Å². The highest BCUT2D eigenvalue weighted by Gasteiger charge is 2.60. The molecule has 0 radical (unpaired) electrons. The Hall–Kier alpha value is 0.235. The first-order valence-corrected chi connectivity index (χ1v) is 7.15. The van der Waals surface area contributed by atoms with Gasteiger partial charge in [-0.1, -0.05) is 13.8 Å². The van der Waals surface area contributed by atoms with Crippen molar-refractivity contribution in [3.63, 3.8) is 0 Å². The van der Waals surface area contributed by atoms with Gasteiger partial charge in [-0.05, 0) is 32.1 Å². The van der Waals surface area contributed by atoms with Gasteiger partial charge in [0.15, 0.2) is 0 Å². The average molecular weight is 258 g/mol. The number of rotatable bonds is 3. The molecule has 0 spiro atoms. The van der Waals surface area contributed by atoms with Gasteiger partial charge in [-0.15, -0.1) is 11.6 Å². The van der Waals surface area contributed by atoms with Crippen molar-refractivity contribution in [3.05, 3.63) is 0 Å². The van der Waals surface area contributed by atoms with Crippen LogP contribution in [0.1, 0.15) is 40.0 Å². The molecule has 3 heterocycles. The van der Waals surface area contributed by atoms with Gasteiger partial charge >= 0.3 is 7.12 Å². The molecule has 5 heteroatoms. The minimum Gasteiger partial charge on any atom is -0.403 e. The van der Waals surface area contributed by atoms with Crippen molar-refractivity contribution in [2.75, 3.05) is 0 Å². The van der Waals surface area contributed by atoms with Crippen LogP contribution in [0.25, 0.3) is 0 Å². The maximum absolute atomic E-state index is 6.40. The average Bonchev–Trinajstić information content (AvgIpc) is 2.52. The molecule has 4 aliphatic rings. The van der Waals surface area contributed by atoms with Crippen LogP contribution < -0.4 is 5.32 Å². The van der Waals surface area contributed by atoms with Gasteiger partial charge in [0.1, 0.15) is 0 Å². The summed E-state index contributed by atoms with van der Waals surface area (Å²) in [6, 6.07) is 1.11. The molecule has 3 nitrogen and oxygen atoms in total. The topological polar surface area (TPSA) is 30.5 Å².